The average molecular weight is 417 g/mol. The third-order valence-corrected chi connectivity index (χ3v) is 5.29. The van der Waals surface area contributed by atoms with E-state index in [0.717, 1.165) is 17.0 Å². The van der Waals surface area contributed by atoms with Crippen LogP contribution in [0.25, 0.3) is 5.69 Å². The summed E-state index contributed by atoms with van der Waals surface area (Å²) in [5.41, 5.74) is 3.14. The second kappa shape index (κ2) is 8.33. The number of hydrogen-bond acceptors (Lipinski definition) is 6. The maximum Gasteiger partial charge on any atom is 0.214 e. The van der Waals surface area contributed by atoms with Crippen LogP contribution in [0.4, 0.5) is 0 Å². The lowest BCUT2D eigenvalue weighted by Gasteiger charge is -2.29. The summed E-state index contributed by atoms with van der Waals surface area (Å²) in [6.45, 7) is 3.42. The fourth-order valence-corrected chi connectivity index (χ4v) is 3.64. The monoisotopic (exact) mass is 417 g/mol. The van der Waals surface area contributed by atoms with Crippen LogP contribution in [0, 0.1) is 6.92 Å². The highest BCUT2D eigenvalue weighted by atomic mass is 16.8. The highest BCUT2D eigenvalue weighted by Gasteiger charge is 2.44. The molecule has 0 spiro atoms. The van der Waals surface area contributed by atoms with Crippen LogP contribution in [0.1, 0.15) is 11.1 Å². The highest BCUT2D eigenvalue weighted by Crippen LogP contribution is 2.36. The molecule has 0 amide bonds. The van der Waals surface area contributed by atoms with Crippen molar-refractivity contribution in [1.29, 1.82) is 0 Å². The number of benzene rings is 2. The summed E-state index contributed by atoms with van der Waals surface area (Å²) in [5, 5.41) is 7.65. The van der Waals surface area contributed by atoms with Crippen molar-refractivity contribution >= 4 is 0 Å². The minimum Gasteiger partial charge on any atom is -0.491 e. The van der Waals surface area contributed by atoms with Gasteiger partial charge in [0.25, 0.3) is 0 Å². The van der Waals surface area contributed by atoms with Crippen LogP contribution in [0.2, 0.25) is 0 Å². The number of ether oxygens (including phenoxy) is 3. The topological polar surface area (TPSA) is 76.2 Å². The minimum atomic E-state index is -0.874. The fourth-order valence-electron chi connectivity index (χ4n) is 3.64. The standard InChI is InChI=1S/C23H23N5O3/c1-18-2-4-19(5-3-18)23(14-27-11-10-24-15-27)30-13-22(31-23)12-29-21-8-6-20(7-9-21)28-16-25-26-17-28/h2-11,15-17,22H,12-14H2,1H3. The third kappa shape index (κ3) is 4.21. The highest BCUT2D eigenvalue weighted by molar-refractivity contribution is 5.37. The van der Waals surface area contributed by atoms with Gasteiger partial charge in [0, 0.05) is 23.6 Å². The minimum absolute atomic E-state index is 0.192. The van der Waals surface area contributed by atoms with Crippen LogP contribution >= 0.6 is 0 Å². The van der Waals surface area contributed by atoms with Crippen molar-refractivity contribution in [3.63, 3.8) is 0 Å². The molecule has 5 rings (SSSR count). The van der Waals surface area contributed by atoms with E-state index in [9.17, 15) is 0 Å². The van der Waals surface area contributed by atoms with Crippen molar-refractivity contribution < 1.29 is 14.2 Å². The molecule has 4 aromatic rings. The summed E-state index contributed by atoms with van der Waals surface area (Å²) < 4.78 is 22.5. The SMILES string of the molecule is Cc1ccc(C2(Cn3ccnc3)OCC(COc3ccc(-n4cnnc4)cc3)O2)cc1. The molecular formula is C23H23N5O3. The molecule has 0 radical (unpaired) electrons. The van der Waals surface area contributed by atoms with Crippen molar-refractivity contribution in [1.82, 2.24) is 24.3 Å². The van der Waals surface area contributed by atoms with Crippen LogP contribution < -0.4 is 4.74 Å². The summed E-state index contributed by atoms with van der Waals surface area (Å²) in [6.07, 6.45) is 8.55. The molecule has 31 heavy (non-hydrogen) atoms. The smallest absolute Gasteiger partial charge is 0.214 e. The van der Waals surface area contributed by atoms with E-state index in [0.29, 0.717) is 19.8 Å². The van der Waals surface area contributed by atoms with E-state index in [4.69, 9.17) is 14.2 Å². The Balaban J connectivity index is 1.27. The molecule has 8 nitrogen and oxygen atoms in total. The van der Waals surface area contributed by atoms with Gasteiger partial charge in [-0.05, 0) is 31.2 Å². The zero-order chi connectivity index (χ0) is 21.1. The maximum absolute atomic E-state index is 6.44. The van der Waals surface area contributed by atoms with Gasteiger partial charge < -0.3 is 18.8 Å². The summed E-state index contributed by atoms with van der Waals surface area (Å²) in [6, 6.07) is 16.0. The lowest BCUT2D eigenvalue weighted by Crippen LogP contribution is -2.34. The molecule has 0 saturated carbocycles. The molecule has 1 fully saturated rings. The predicted molar refractivity (Wildman–Crippen MR) is 113 cm³/mol. The molecule has 1 aliphatic rings. The van der Waals surface area contributed by atoms with Gasteiger partial charge in [-0.2, -0.15) is 0 Å². The second-order valence-corrected chi connectivity index (χ2v) is 7.58. The predicted octanol–water partition coefficient (Wildman–Crippen LogP) is 3.12. The van der Waals surface area contributed by atoms with Gasteiger partial charge in [0.05, 0.1) is 19.5 Å². The number of imidazole rings is 1. The van der Waals surface area contributed by atoms with E-state index in [1.54, 1.807) is 25.2 Å². The normalized spacial score (nSPS) is 20.7. The van der Waals surface area contributed by atoms with E-state index in [2.05, 4.69) is 46.4 Å². The number of rotatable bonds is 7. The molecule has 2 aromatic carbocycles. The third-order valence-electron chi connectivity index (χ3n) is 5.29. The van der Waals surface area contributed by atoms with Gasteiger partial charge >= 0.3 is 0 Å². The van der Waals surface area contributed by atoms with Gasteiger partial charge in [0.15, 0.2) is 0 Å². The Kier molecular flexibility index (Phi) is 5.23. The van der Waals surface area contributed by atoms with Crippen molar-refractivity contribution in [2.75, 3.05) is 13.2 Å². The van der Waals surface area contributed by atoms with Crippen LogP contribution in [-0.2, 0) is 21.8 Å². The first-order valence-corrected chi connectivity index (χ1v) is 10.1. The van der Waals surface area contributed by atoms with Crippen molar-refractivity contribution in [3.8, 4) is 11.4 Å². The Bertz CT molecular complexity index is 1100. The first-order valence-electron chi connectivity index (χ1n) is 10.1. The molecule has 1 saturated heterocycles. The Morgan fingerprint density at radius 3 is 2.52 bits per heavy atom. The molecule has 1 aliphatic heterocycles. The maximum atomic E-state index is 6.44. The van der Waals surface area contributed by atoms with Gasteiger partial charge in [0.1, 0.15) is 31.1 Å². The summed E-state index contributed by atoms with van der Waals surface area (Å²) in [7, 11) is 0. The van der Waals surface area contributed by atoms with Gasteiger partial charge in [0.2, 0.25) is 5.79 Å². The lowest BCUT2D eigenvalue weighted by molar-refractivity contribution is -0.189. The first-order chi connectivity index (χ1) is 15.2. The van der Waals surface area contributed by atoms with Crippen LogP contribution in [0.5, 0.6) is 5.75 Å². The number of aromatic nitrogens is 5. The van der Waals surface area contributed by atoms with Crippen molar-refractivity contribution in [2.24, 2.45) is 0 Å². The average Bonchev–Trinajstić information content (AvgIpc) is 3.57. The van der Waals surface area contributed by atoms with Crippen molar-refractivity contribution in [3.05, 3.63) is 91.0 Å². The molecule has 2 unspecified atom stereocenters. The molecule has 8 heteroatoms. The molecule has 0 N–H and O–H groups in total. The van der Waals surface area contributed by atoms with E-state index >= 15 is 0 Å². The Labute approximate surface area is 180 Å². The van der Waals surface area contributed by atoms with E-state index in [1.807, 2.05) is 39.6 Å². The van der Waals surface area contributed by atoms with Gasteiger partial charge in [-0.3, -0.25) is 4.57 Å². The van der Waals surface area contributed by atoms with Crippen molar-refractivity contribution in [2.45, 2.75) is 25.4 Å². The molecule has 0 aliphatic carbocycles. The summed E-state index contributed by atoms with van der Waals surface area (Å²) in [4.78, 5) is 4.14. The van der Waals surface area contributed by atoms with Gasteiger partial charge in [-0.15, -0.1) is 10.2 Å². The van der Waals surface area contributed by atoms with Gasteiger partial charge in [-0.25, -0.2) is 4.98 Å². The van der Waals surface area contributed by atoms with E-state index in [-0.39, 0.29) is 6.10 Å². The summed E-state index contributed by atoms with van der Waals surface area (Å²) in [5.74, 6) is -0.108. The molecule has 2 atom stereocenters. The summed E-state index contributed by atoms with van der Waals surface area (Å²) >= 11 is 0. The van der Waals surface area contributed by atoms with Crippen LogP contribution in [0.3, 0.4) is 0 Å². The van der Waals surface area contributed by atoms with E-state index in [1.165, 1.54) is 5.56 Å². The number of nitrogens with zero attached hydrogens (tertiary/aromatic N) is 5. The Morgan fingerprint density at radius 1 is 1.03 bits per heavy atom. The van der Waals surface area contributed by atoms with Crippen LogP contribution in [0.15, 0.2) is 79.9 Å². The largest absolute Gasteiger partial charge is 0.491 e. The quantitative estimate of drug-likeness (QED) is 0.460. The lowest BCUT2D eigenvalue weighted by atomic mass is 10.0. The zero-order valence-electron chi connectivity index (χ0n) is 17.2. The molecular weight excluding hydrogens is 394 g/mol. The number of aryl methyl sites for hydroxylation is 1. The zero-order valence-corrected chi connectivity index (χ0v) is 17.2. The Morgan fingerprint density at radius 2 is 1.81 bits per heavy atom. The molecule has 2 aromatic heterocycles. The molecule has 0 bridgehead atoms. The second-order valence-electron chi connectivity index (χ2n) is 7.58. The molecule has 3 heterocycles. The molecule has 158 valence electrons. The van der Waals surface area contributed by atoms with Crippen LogP contribution in [-0.4, -0.2) is 43.6 Å². The van der Waals surface area contributed by atoms with Gasteiger partial charge in [-0.1, -0.05) is 29.8 Å². The number of hydrogen-bond donors (Lipinski definition) is 0. The fraction of sp³-hybridized carbons (Fsp3) is 0.261. The van der Waals surface area contributed by atoms with E-state index < -0.39 is 5.79 Å². The first kappa shape index (κ1) is 19.5. The Hall–Kier alpha value is -3.49.